The van der Waals surface area contributed by atoms with E-state index in [4.69, 9.17) is 10.8 Å². The number of rotatable bonds is 16. The molecule has 0 unspecified atom stereocenters. The van der Waals surface area contributed by atoms with Crippen LogP contribution in [0.25, 0.3) is 0 Å². The fraction of sp³-hybridized carbons (Fsp3) is 0.586. The van der Waals surface area contributed by atoms with Crippen molar-refractivity contribution in [2.45, 2.75) is 95.6 Å². The molecule has 1 fully saturated rings. The molecule has 9 N–H and O–H groups in total. The third-order valence-electron chi connectivity index (χ3n) is 7.71. The molecule has 0 aromatic heterocycles. The van der Waals surface area contributed by atoms with Crippen molar-refractivity contribution >= 4 is 35.6 Å². The summed E-state index contributed by atoms with van der Waals surface area (Å²) in [6.07, 6.45) is -0.895. The summed E-state index contributed by atoms with van der Waals surface area (Å²) in [5.74, 6) is -5.90. The van der Waals surface area contributed by atoms with E-state index in [0.717, 1.165) is 0 Å². The Labute approximate surface area is 255 Å². The van der Waals surface area contributed by atoms with Gasteiger partial charge in [0.1, 0.15) is 36.0 Å². The monoisotopic (exact) mass is 621 g/mol. The van der Waals surface area contributed by atoms with Crippen LogP contribution in [-0.2, 0) is 35.2 Å². The Balaban J connectivity index is 2.26. The normalized spacial score (nSPS) is 18.7. The number of likely N-dealkylation sites (tertiary alicyclic amines) is 1. The lowest BCUT2D eigenvalue weighted by atomic mass is 9.97. The van der Waals surface area contributed by atoms with E-state index in [1.54, 1.807) is 26.0 Å². The number of carboxylic acids is 2. The molecule has 1 aromatic carbocycles. The molecule has 44 heavy (non-hydrogen) atoms. The third-order valence-corrected chi connectivity index (χ3v) is 7.71. The van der Waals surface area contributed by atoms with Crippen molar-refractivity contribution in [2.24, 2.45) is 11.7 Å². The number of aliphatic hydroxyl groups is 1. The number of hydrogen-bond donors (Lipinski definition) is 8. The molecule has 2 rings (SSSR count). The van der Waals surface area contributed by atoms with E-state index in [1.165, 1.54) is 24.0 Å². The van der Waals surface area contributed by atoms with Crippen molar-refractivity contribution in [2.75, 3.05) is 6.54 Å². The number of carbonyl (C=O) groups excluding carboxylic acids is 4. The maximum atomic E-state index is 13.8. The molecule has 15 nitrogen and oxygen atoms in total. The summed E-state index contributed by atoms with van der Waals surface area (Å²) in [5.41, 5.74) is 6.37. The second kappa shape index (κ2) is 16.6. The van der Waals surface area contributed by atoms with E-state index in [2.05, 4.69) is 16.0 Å². The van der Waals surface area contributed by atoms with E-state index in [-0.39, 0.29) is 31.6 Å². The number of carbonyl (C=O) groups is 6. The molecule has 15 heteroatoms. The van der Waals surface area contributed by atoms with Gasteiger partial charge in [0.15, 0.2) is 0 Å². The summed E-state index contributed by atoms with van der Waals surface area (Å²) in [7, 11) is 0. The van der Waals surface area contributed by atoms with Gasteiger partial charge in [-0.05, 0) is 49.8 Å². The molecular formula is C29H43N5O10. The molecule has 1 saturated heterocycles. The van der Waals surface area contributed by atoms with Crippen LogP contribution < -0.4 is 21.7 Å². The highest BCUT2D eigenvalue weighted by atomic mass is 16.4. The third kappa shape index (κ3) is 10.2. The van der Waals surface area contributed by atoms with Gasteiger partial charge in [0.2, 0.25) is 23.6 Å². The zero-order valence-corrected chi connectivity index (χ0v) is 25.1. The van der Waals surface area contributed by atoms with Gasteiger partial charge < -0.3 is 47.0 Å². The number of nitrogens with one attached hydrogen (secondary N) is 3. The zero-order valence-electron chi connectivity index (χ0n) is 25.1. The average Bonchev–Trinajstić information content (AvgIpc) is 3.47. The topological polar surface area (TPSA) is 249 Å². The summed E-state index contributed by atoms with van der Waals surface area (Å²) in [4.78, 5) is 77.0. The molecule has 1 heterocycles. The van der Waals surface area contributed by atoms with Gasteiger partial charge in [-0.15, -0.1) is 0 Å². The first-order valence-electron chi connectivity index (χ1n) is 14.5. The van der Waals surface area contributed by atoms with E-state index in [9.17, 15) is 44.1 Å². The van der Waals surface area contributed by atoms with Crippen LogP contribution >= 0.6 is 0 Å². The molecule has 1 aliphatic rings. The predicted octanol–water partition coefficient (Wildman–Crippen LogP) is -0.916. The van der Waals surface area contributed by atoms with Gasteiger partial charge in [-0.1, -0.05) is 32.4 Å². The van der Waals surface area contributed by atoms with Gasteiger partial charge in [0.25, 0.3) is 0 Å². The molecule has 0 saturated carbocycles. The Morgan fingerprint density at radius 1 is 0.977 bits per heavy atom. The maximum absolute atomic E-state index is 13.8. The molecular weight excluding hydrogens is 578 g/mol. The Morgan fingerprint density at radius 3 is 2.14 bits per heavy atom. The molecule has 1 aromatic rings. The van der Waals surface area contributed by atoms with Crippen LogP contribution in [0.15, 0.2) is 24.3 Å². The van der Waals surface area contributed by atoms with Crippen molar-refractivity contribution in [1.29, 1.82) is 0 Å². The van der Waals surface area contributed by atoms with Gasteiger partial charge >= 0.3 is 11.9 Å². The van der Waals surface area contributed by atoms with Crippen LogP contribution in [0.1, 0.15) is 58.4 Å². The van der Waals surface area contributed by atoms with Crippen molar-refractivity contribution in [3.63, 3.8) is 0 Å². The van der Waals surface area contributed by atoms with Crippen molar-refractivity contribution < 1.29 is 49.2 Å². The Morgan fingerprint density at radius 2 is 1.59 bits per heavy atom. The molecule has 1 aliphatic heterocycles. The van der Waals surface area contributed by atoms with E-state index >= 15 is 0 Å². The second-order valence-corrected chi connectivity index (χ2v) is 11.1. The summed E-state index contributed by atoms with van der Waals surface area (Å²) < 4.78 is 0. The number of amides is 4. The van der Waals surface area contributed by atoms with Gasteiger partial charge in [-0.3, -0.25) is 24.0 Å². The largest absolute Gasteiger partial charge is 0.508 e. The summed E-state index contributed by atoms with van der Waals surface area (Å²) in [6, 6.07) is -0.175. The number of carboxylic acid groups (broad SMARTS) is 2. The highest BCUT2D eigenvalue weighted by Crippen LogP contribution is 2.21. The van der Waals surface area contributed by atoms with Gasteiger partial charge in [-0.2, -0.15) is 0 Å². The molecule has 0 aliphatic carbocycles. The lowest BCUT2D eigenvalue weighted by molar-refractivity contribution is -0.144. The first kappa shape index (κ1) is 36.0. The minimum atomic E-state index is -1.48. The maximum Gasteiger partial charge on any atom is 0.326 e. The molecule has 244 valence electrons. The Bertz CT molecular complexity index is 1190. The quantitative estimate of drug-likeness (QED) is 0.112. The van der Waals surface area contributed by atoms with E-state index in [1.807, 2.05) is 0 Å². The lowest BCUT2D eigenvalue weighted by Gasteiger charge is -2.31. The molecule has 0 bridgehead atoms. The number of aromatic hydroxyl groups is 1. The molecule has 0 radical (unpaired) electrons. The number of nitrogens with zero attached hydrogens (tertiary/aromatic N) is 1. The van der Waals surface area contributed by atoms with E-state index < -0.39 is 84.2 Å². The highest BCUT2D eigenvalue weighted by Gasteiger charge is 2.40. The number of aliphatic hydroxyl groups excluding tert-OH is 1. The van der Waals surface area contributed by atoms with Crippen LogP contribution in [0.4, 0.5) is 0 Å². The van der Waals surface area contributed by atoms with Crippen molar-refractivity contribution in [3.05, 3.63) is 29.8 Å². The van der Waals surface area contributed by atoms with Crippen molar-refractivity contribution in [3.8, 4) is 5.75 Å². The first-order valence-corrected chi connectivity index (χ1v) is 14.5. The molecule has 7 atom stereocenters. The average molecular weight is 622 g/mol. The summed E-state index contributed by atoms with van der Waals surface area (Å²) >= 11 is 0. The Hall–Kier alpha value is -4.24. The van der Waals surface area contributed by atoms with Crippen molar-refractivity contribution in [1.82, 2.24) is 20.9 Å². The first-order chi connectivity index (χ1) is 20.7. The highest BCUT2D eigenvalue weighted by molar-refractivity contribution is 5.96. The minimum absolute atomic E-state index is 0.00419. The number of hydrogen-bond acceptors (Lipinski definition) is 9. The second-order valence-electron chi connectivity index (χ2n) is 11.1. The van der Waals surface area contributed by atoms with Gasteiger partial charge in [0, 0.05) is 19.4 Å². The van der Waals surface area contributed by atoms with Crippen LogP contribution in [0, 0.1) is 5.92 Å². The summed E-state index contributed by atoms with van der Waals surface area (Å²) in [6.45, 7) is 4.97. The van der Waals surface area contributed by atoms with Crippen LogP contribution in [0.3, 0.4) is 0 Å². The fourth-order valence-electron chi connectivity index (χ4n) is 4.80. The number of phenols is 1. The van der Waals surface area contributed by atoms with Crippen LogP contribution in [-0.4, -0.2) is 104 Å². The number of nitrogens with two attached hydrogens (primary N) is 1. The SMILES string of the molecule is CC[C@H](C)[C@H](NC(=O)[C@@H]1CCCN1C(=O)[C@H](Cc1ccc(O)cc1)NC(=O)[C@@H](N)[C@@H](C)O)C(=O)N[C@@H](CCC(=O)O)C(=O)O. The van der Waals surface area contributed by atoms with Crippen LogP contribution in [0.5, 0.6) is 5.75 Å². The smallest absolute Gasteiger partial charge is 0.326 e. The van der Waals surface area contributed by atoms with Gasteiger partial charge in [0.05, 0.1) is 6.10 Å². The predicted molar refractivity (Wildman–Crippen MR) is 156 cm³/mol. The number of phenolic OH excluding ortho intramolecular Hbond substituents is 1. The zero-order chi connectivity index (χ0) is 33.1. The standard InChI is InChI=1S/C29H43N5O10/c1-4-15(2)24(27(41)31-19(29(43)44)11-12-22(37)38)33-25(39)21-6-5-13-34(21)28(42)20(32-26(40)23(30)16(3)35)14-17-7-9-18(36)10-8-17/h7-10,15-16,19-21,23-24,35-36H,4-6,11-14,30H2,1-3H3,(H,31,41)(H,32,40)(H,33,39)(H,37,38)(H,43,44)/t15-,16+,19-,20-,21-,23-,24-/m0/s1. The Kier molecular flexibility index (Phi) is 13.5. The molecule has 4 amide bonds. The number of aliphatic carboxylic acids is 2. The van der Waals surface area contributed by atoms with Crippen LogP contribution in [0.2, 0.25) is 0 Å². The number of benzene rings is 1. The summed E-state index contributed by atoms with van der Waals surface area (Å²) in [5, 5.41) is 45.3. The fourth-order valence-corrected chi connectivity index (χ4v) is 4.80. The van der Waals surface area contributed by atoms with Gasteiger partial charge in [-0.25, -0.2) is 4.79 Å². The minimum Gasteiger partial charge on any atom is -0.508 e. The lowest BCUT2D eigenvalue weighted by Crippen LogP contribution is -2.60. The van der Waals surface area contributed by atoms with E-state index in [0.29, 0.717) is 18.4 Å². The molecule has 0 spiro atoms.